The van der Waals surface area contributed by atoms with Crippen LogP contribution in [0.4, 0.5) is 0 Å². The first-order valence-electron chi connectivity index (χ1n) is 7.87. The number of hydrogen-bond acceptors (Lipinski definition) is 3. The Morgan fingerprint density at radius 2 is 1.96 bits per heavy atom. The Kier molecular flexibility index (Phi) is 2.79. The molecule has 0 aliphatic heterocycles. The minimum Gasteiger partial charge on any atom is -0.437 e. The van der Waals surface area contributed by atoms with Gasteiger partial charge < -0.3 is 4.42 Å². The maximum absolute atomic E-state index is 6.23. The van der Waals surface area contributed by atoms with E-state index in [0.717, 1.165) is 27.3 Å². The fourth-order valence-electron chi connectivity index (χ4n) is 3.40. The molecule has 3 nitrogen and oxygen atoms in total. The number of fused-ring (bicyclic) bond motifs is 5. The predicted octanol–water partition coefficient (Wildman–Crippen LogP) is 5.00. The Morgan fingerprint density at radius 3 is 2.79 bits per heavy atom. The fourth-order valence-corrected chi connectivity index (χ4v) is 4.37. The van der Waals surface area contributed by atoms with E-state index in [1.807, 2.05) is 12.3 Å². The van der Waals surface area contributed by atoms with E-state index in [0.29, 0.717) is 5.71 Å². The summed E-state index contributed by atoms with van der Waals surface area (Å²) in [5.41, 5.74) is 4.00. The lowest BCUT2D eigenvalue weighted by atomic mass is 10.0. The quantitative estimate of drug-likeness (QED) is 0.405. The highest BCUT2D eigenvalue weighted by Gasteiger charge is 2.22. The van der Waals surface area contributed by atoms with Crippen molar-refractivity contribution in [3.8, 4) is 10.6 Å². The summed E-state index contributed by atoms with van der Waals surface area (Å²) < 4.78 is 8.38. The summed E-state index contributed by atoms with van der Waals surface area (Å²) in [6, 6.07) is 12.7. The van der Waals surface area contributed by atoms with E-state index in [2.05, 4.69) is 65.4 Å². The Bertz CT molecular complexity index is 1230. The molecule has 0 unspecified atom stereocenters. The molecule has 0 amide bonds. The maximum atomic E-state index is 6.23. The van der Waals surface area contributed by atoms with Crippen molar-refractivity contribution in [2.45, 2.75) is 6.92 Å². The first kappa shape index (κ1) is 13.7. The highest BCUT2D eigenvalue weighted by atomic mass is 32.1. The number of benzene rings is 2. The second-order valence-electron chi connectivity index (χ2n) is 6.08. The number of pyridine rings is 1. The van der Waals surface area contributed by atoms with Crippen LogP contribution in [0.2, 0.25) is 0 Å². The maximum Gasteiger partial charge on any atom is 0.272 e. The molecule has 0 spiro atoms. The molecule has 5 aromatic rings. The topological polar surface area (TPSA) is 29.9 Å². The van der Waals surface area contributed by atoms with Crippen LogP contribution in [-0.4, -0.2) is 4.98 Å². The monoisotopic (exact) mass is 331 g/mol. The summed E-state index contributed by atoms with van der Waals surface area (Å²) in [5, 5.41) is 7.85. The number of hydrogen-bond donors (Lipinski definition) is 0. The largest absolute Gasteiger partial charge is 0.437 e. The standard InChI is InChI=1S/C20H15N2OS/c1-12-7-8-15-17-14-6-4-3-5-13(14)11-21-19(17)23-18(15)16(12)20-22(2)9-10-24-20/h3-11H,1-2H3/q+1. The zero-order chi connectivity index (χ0) is 16.3. The molecule has 0 saturated heterocycles. The molecule has 0 bridgehead atoms. The minimum atomic E-state index is 0.703. The lowest BCUT2D eigenvalue weighted by molar-refractivity contribution is -0.655. The van der Waals surface area contributed by atoms with Gasteiger partial charge in [0.1, 0.15) is 12.6 Å². The number of aromatic nitrogens is 2. The third-order valence-corrected chi connectivity index (χ3v) is 5.57. The molecular weight excluding hydrogens is 316 g/mol. The van der Waals surface area contributed by atoms with Crippen LogP contribution in [-0.2, 0) is 7.05 Å². The second kappa shape index (κ2) is 4.89. The van der Waals surface area contributed by atoms with E-state index in [1.165, 1.54) is 16.0 Å². The summed E-state index contributed by atoms with van der Waals surface area (Å²) in [4.78, 5) is 4.55. The van der Waals surface area contributed by atoms with Crippen molar-refractivity contribution < 1.29 is 8.98 Å². The van der Waals surface area contributed by atoms with Crippen LogP contribution in [0.5, 0.6) is 0 Å². The molecule has 0 aliphatic carbocycles. The van der Waals surface area contributed by atoms with Gasteiger partial charge >= 0.3 is 0 Å². The molecule has 2 aromatic carbocycles. The van der Waals surface area contributed by atoms with Crippen molar-refractivity contribution in [2.24, 2.45) is 7.05 Å². The Morgan fingerprint density at radius 1 is 1.08 bits per heavy atom. The van der Waals surface area contributed by atoms with Crippen LogP contribution >= 0.6 is 11.3 Å². The van der Waals surface area contributed by atoms with Crippen LogP contribution in [0, 0.1) is 6.92 Å². The summed E-state index contributed by atoms with van der Waals surface area (Å²) in [6.45, 7) is 2.13. The van der Waals surface area contributed by atoms with E-state index in [1.54, 1.807) is 11.3 Å². The molecule has 4 heteroatoms. The molecular formula is C20H15N2OS+. The third kappa shape index (κ3) is 1.77. The van der Waals surface area contributed by atoms with Gasteiger partial charge in [0.15, 0.2) is 11.8 Å². The van der Waals surface area contributed by atoms with Gasteiger partial charge in [-0.05, 0) is 17.9 Å². The van der Waals surface area contributed by atoms with Gasteiger partial charge in [-0.1, -0.05) is 47.7 Å². The molecule has 24 heavy (non-hydrogen) atoms. The van der Waals surface area contributed by atoms with Crippen molar-refractivity contribution in [1.29, 1.82) is 0 Å². The minimum absolute atomic E-state index is 0.703. The van der Waals surface area contributed by atoms with Crippen LogP contribution in [0.3, 0.4) is 0 Å². The molecule has 3 heterocycles. The van der Waals surface area contributed by atoms with Crippen molar-refractivity contribution in [3.63, 3.8) is 0 Å². The molecule has 3 aromatic heterocycles. The van der Waals surface area contributed by atoms with Gasteiger partial charge in [-0.15, -0.1) is 0 Å². The zero-order valence-electron chi connectivity index (χ0n) is 13.4. The van der Waals surface area contributed by atoms with Crippen molar-refractivity contribution in [3.05, 3.63) is 59.7 Å². The number of aryl methyl sites for hydroxylation is 2. The van der Waals surface area contributed by atoms with Gasteiger partial charge in [-0.3, -0.25) is 0 Å². The molecule has 0 fully saturated rings. The highest BCUT2D eigenvalue weighted by Crippen LogP contribution is 2.39. The Labute approximate surface area is 142 Å². The summed E-state index contributed by atoms with van der Waals surface area (Å²) in [7, 11) is 2.07. The van der Waals surface area contributed by atoms with Crippen molar-refractivity contribution in [1.82, 2.24) is 4.98 Å². The van der Waals surface area contributed by atoms with Crippen molar-refractivity contribution >= 4 is 44.2 Å². The van der Waals surface area contributed by atoms with E-state index >= 15 is 0 Å². The number of thiazole rings is 1. The van der Waals surface area contributed by atoms with Gasteiger partial charge in [0.2, 0.25) is 5.71 Å². The normalized spacial score (nSPS) is 11.8. The molecule has 0 N–H and O–H groups in total. The van der Waals surface area contributed by atoms with Crippen LogP contribution in [0.1, 0.15) is 5.56 Å². The Hall–Kier alpha value is -2.72. The number of nitrogens with zero attached hydrogens (tertiary/aromatic N) is 2. The first-order valence-corrected chi connectivity index (χ1v) is 8.75. The smallest absolute Gasteiger partial charge is 0.272 e. The highest BCUT2D eigenvalue weighted by molar-refractivity contribution is 7.12. The average Bonchev–Trinajstić information content (AvgIpc) is 3.18. The van der Waals surface area contributed by atoms with E-state index < -0.39 is 0 Å². The molecule has 0 atom stereocenters. The van der Waals surface area contributed by atoms with E-state index in [4.69, 9.17) is 4.42 Å². The number of rotatable bonds is 1. The number of furan rings is 1. The lowest BCUT2D eigenvalue weighted by Crippen LogP contribution is -2.26. The van der Waals surface area contributed by atoms with Crippen LogP contribution < -0.4 is 4.57 Å². The Balaban J connectivity index is 2.01. The lowest BCUT2D eigenvalue weighted by Gasteiger charge is -2.02. The molecule has 0 aliphatic rings. The van der Waals surface area contributed by atoms with Gasteiger partial charge in [-0.25, -0.2) is 4.98 Å². The molecule has 5 rings (SSSR count). The van der Waals surface area contributed by atoms with Crippen molar-refractivity contribution in [2.75, 3.05) is 0 Å². The molecule has 0 saturated carbocycles. The van der Waals surface area contributed by atoms with E-state index in [9.17, 15) is 0 Å². The van der Waals surface area contributed by atoms with Crippen LogP contribution in [0.15, 0.2) is 58.6 Å². The fraction of sp³-hybridized carbons (Fsp3) is 0.100. The summed E-state index contributed by atoms with van der Waals surface area (Å²) in [5.74, 6) is 0. The summed E-state index contributed by atoms with van der Waals surface area (Å²) >= 11 is 1.73. The second-order valence-corrected chi connectivity index (χ2v) is 6.98. The van der Waals surface area contributed by atoms with E-state index in [-0.39, 0.29) is 0 Å². The average molecular weight is 331 g/mol. The first-order chi connectivity index (χ1) is 11.7. The SMILES string of the molecule is Cc1ccc2c(oc3ncc4ccccc4c32)c1-c1scc[n+]1C. The van der Waals surface area contributed by atoms with Crippen LogP contribution in [0.25, 0.3) is 43.4 Å². The predicted molar refractivity (Wildman–Crippen MR) is 98.2 cm³/mol. The van der Waals surface area contributed by atoms with Gasteiger partial charge in [-0.2, -0.15) is 4.57 Å². The van der Waals surface area contributed by atoms with Gasteiger partial charge in [0, 0.05) is 17.0 Å². The molecule has 0 radical (unpaired) electrons. The summed E-state index contributed by atoms with van der Waals surface area (Å²) in [6.07, 6.45) is 3.96. The zero-order valence-corrected chi connectivity index (χ0v) is 14.2. The van der Waals surface area contributed by atoms with Gasteiger partial charge in [0.25, 0.3) is 5.01 Å². The molecule has 116 valence electrons. The van der Waals surface area contributed by atoms with Gasteiger partial charge in [0.05, 0.1) is 10.8 Å². The third-order valence-electron chi connectivity index (χ3n) is 4.60.